The van der Waals surface area contributed by atoms with E-state index in [2.05, 4.69) is 15.9 Å². The summed E-state index contributed by atoms with van der Waals surface area (Å²) in [6, 6.07) is 1.40. The van der Waals surface area contributed by atoms with Crippen molar-refractivity contribution in [2.45, 2.75) is 6.10 Å². The van der Waals surface area contributed by atoms with Crippen LogP contribution in [0.2, 0.25) is 0 Å². The Bertz CT molecular complexity index is 381. The van der Waals surface area contributed by atoms with Gasteiger partial charge in [-0.05, 0) is 28.1 Å². The van der Waals surface area contributed by atoms with Crippen LogP contribution in [0.4, 0.5) is 8.78 Å². The summed E-state index contributed by atoms with van der Waals surface area (Å²) in [5.41, 5.74) is -0.599. The Morgan fingerprint density at radius 3 is 2.43 bits per heavy atom. The molecule has 2 N–H and O–H groups in total. The molecule has 1 rings (SSSR count). The summed E-state index contributed by atoms with van der Waals surface area (Å²) in [6.07, 6.45) is -2.06. The van der Waals surface area contributed by atoms with E-state index in [0.29, 0.717) is 6.07 Å². The van der Waals surface area contributed by atoms with E-state index in [1.165, 1.54) is 0 Å². The minimum atomic E-state index is -2.06. The van der Waals surface area contributed by atoms with E-state index in [4.69, 9.17) is 10.2 Å². The van der Waals surface area contributed by atoms with Crippen LogP contribution in [0.15, 0.2) is 16.6 Å². The number of aliphatic hydroxyl groups is 1. The highest BCUT2D eigenvalue weighted by molar-refractivity contribution is 9.10. The minimum Gasteiger partial charge on any atom is -0.479 e. The van der Waals surface area contributed by atoms with Crippen LogP contribution >= 0.6 is 15.9 Å². The molecule has 0 aliphatic rings. The first kappa shape index (κ1) is 11.1. The van der Waals surface area contributed by atoms with Crippen molar-refractivity contribution >= 4 is 21.9 Å². The summed E-state index contributed by atoms with van der Waals surface area (Å²) in [6.45, 7) is 0. The van der Waals surface area contributed by atoms with Gasteiger partial charge in [-0.3, -0.25) is 0 Å². The van der Waals surface area contributed by atoms with Crippen molar-refractivity contribution in [3.05, 3.63) is 33.8 Å². The van der Waals surface area contributed by atoms with Crippen LogP contribution in [0.5, 0.6) is 0 Å². The molecular weight excluding hydrogens is 262 g/mol. The monoisotopic (exact) mass is 266 g/mol. The second-order valence-corrected chi connectivity index (χ2v) is 3.38. The number of benzene rings is 1. The Morgan fingerprint density at radius 2 is 1.93 bits per heavy atom. The lowest BCUT2D eigenvalue weighted by Gasteiger charge is -2.07. The molecule has 0 amide bonds. The number of hydrogen-bond donors (Lipinski definition) is 2. The van der Waals surface area contributed by atoms with E-state index in [1.54, 1.807) is 0 Å². The summed E-state index contributed by atoms with van der Waals surface area (Å²) < 4.78 is 25.8. The van der Waals surface area contributed by atoms with Crippen LogP contribution in [0.1, 0.15) is 11.7 Å². The van der Waals surface area contributed by atoms with Crippen LogP contribution in [0.25, 0.3) is 0 Å². The fraction of sp³-hybridized carbons (Fsp3) is 0.125. The summed E-state index contributed by atoms with van der Waals surface area (Å²) in [4.78, 5) is 10.3. The predicted molar refractivity (Wildman–Crippen MR) is 46.7 cm³/mol. The maximum atomic E-state index is 13.0. The second-order valence-electron chi connectivity index (χ2n) is 2.53. The topological polar surface area (TPSA) is 57.5 Å². The van der Waals surface area contributed by atoms with E-state index < -0.39 is 29.3 Å². The van der Waals surface area contributed by atoms with Gasteiger partial charge in [-0.1, -0.05) is 0 Å². The van der Waals surface area contributed by atoms with Crippen LogP contribution < -0.4 is 0 Å². The lowest BCUT2D eigenvalue weighted by atomic mass is 10.1. The first-order valence-electron chi connectivity index (χ1n) is 3.48. The largest absolute Gasteiger partial charge is 0.479 e. The molecule has 3 nitrogen and oxygen atoms in total. The van der Waals surface area contributed by atoms with E-state index in [9.17, 15) is 13.6 Å². The summed E-state index contributed by atoms with van der Waals surface area (Å²) in [5.74, 6) is -3.44. The Balaban J connectivity index is 3.22. The lowest BCUT2D eigenvalue weighted by Crippen LogP contribution is -2.12. The Hall–Kier alpha value is -1.01. The van der Waals surface area contributed by atoms with Gasteiger partial charge in [-0.2, -0.15) is 0 Å². The fourth-order valence-electron chi connectivity index (χ4n) is 0.881. The smallest absolute Gasteiger partial charge is 0.337 e. The van der Waals surface area contributed by atoms with Gasteiger partial charge in [-0.15, -0.1) is 0 Å². The van der Waals surface area contributed by atoms with Crippen molar-refractivity contribution in [2.75, 3.05) is 0 Å². The fourth-order valence-corrected chi connectivity index (χ4v) is 1.20. The molecule has 0 unspecified atom stereocenters. The van der Waals surface area contributed by atoms with Crippen LogP contribution in [0, 0.1) is 11.6 Å². The highest BCUT2D eigenvalue weighted by atomic mass is 79.9. The van der Waals surface area contributed by atoms with Crippen molar-refractivity contribution in [1.29, 1.82) is 0 Å². The molecule has 0 heterocycles. The van der Waals surface area contributed by atoms with Crippen molar-refractivity contribution in [3.63, 3.8) is 0 Å². The summed E-state index contributed by atoms with van der Waals surface area (Å²) in [5, 5.41) is 17.3. The van der Waals surface area contributed by atoms with Gasteiger partial charge in [0.15, 0.2) is 6.10 Å². The average molecular weight is 267 g/mol. The lowest BCUT2D eigenvalue weighted by molar-refractivity contribution is -0.147. The molecule has 0 saturated carbocycles. The number of carboxylic acids is 1. The van der Waals surface area contributed by atoms with Gasteiger partial charge in [0.25, 0.3) is 0 Å². The molecule has 1 aromatic rings. The average Bonchev–Trinajstić information content (AvgIpc) is 2.10. The maximum Gasteiger partial charge on any atom is 0.337 e. The van der Waals surface area contributed by atoms with Crippen molar-refractivity contribution in [3.8, 4) is 0 Å². The summed E-state index contributed by atoms with van der Waals surface area (Å²) >= 11 is 2.72. The Labute approximate surface area is 86.1 Å². The van der Waals surface area contributed by atoms with Gasteiger partial charge in [-0.25, -0.2) is 13.6 Å². The van der Waals surface area contributed by atoms with Crippen LogP contribution in [-0.4, -0.2) is 16.2 Å². The summed E-state index contributed by atoms with van der Waals surface area (Å²) in [7, 11) is 0. The third kappa shape index (κ3) is 2.08. The van der Waals surface area contributed by atoms with Crippen molar-refractivity contribution < 1.29 is 23.8 Å². The van der Waals surface area contributed by atoms with Crippen LogP contribution in [-0.2, 0) is 4.79 Å². The first-order chi connectivity index (χ1) is 6.43. The molecule has 14 heavy (non-hydrogen) atoms. The van der Waals surface area contributed by atoms with Gasteiger partial charge in [0, 0.05) is 5.56 Å². The van der Waals surface area contributed by atoms with E-state index >= 15 is 0 Å². The predicted octanol–water partition coefficient (Wildman–Crippen LogP) is 1.85. The van der Waals surface area contributed by atoms with Crippen molar-refractivity contribution in [1.82, 2.24) is 0 Å². The molecule has 0 bridgehead atoms. The molecule has 0 aromatic heterocycles. The molecule has 0 fully saturated rings. The number of carboxylic acid groups (broad SMARTS) is 1. The Morgan fingerprint density at radius 1 is 1.36 bits per heavy atom. The zero-order valence-electron chi connectivity index (χ0n) is 6.67. The molecule has 0 saturated heterocycles. The zero-order valence-corrected chi connectivity index (χ0v) is 8.25. The quantitative estimate of drug-likeness (QED) is 0.804. The SMILES string of the molecule is O=C(O)[C@H](O)c1cc(F)c(Br)cc1F. The van der Waals surface area contributed by atoms with Gasteiger partial charge in [0.2, 0.25) is 0 Å². The molecule has 0 aliphatic carbocycles. The molecule has 6 heteroatoms. The normalized spacial score (nSPS) is 12.6. The van der Waals surface area contributed by atoms with E-state index in [-0.39, 0.29) is 4.47 Å². The number of halogens is 3. The third-order valence-corrected chi connectivity index (χ3v) is 2.18. The minimum absolute atomic E-state index is 0.128. The number of hydrogen-bond acceptors (Lipinski definition) is 2. The van der Waals surface area contributed by atoms with Gasteiger partial charge in [0.05, 0.1) is 4.47 Å². The van der Waals surface area contributed by atoms with E-state index in [0.717, 1.165) is 6.07 Å². The van der Waals surface area contributed by atoms with Gasteiger partial charge >= 0.3 is 5.97 Å². The number of carbonyl (C=O) groups is 1. The number of aliphatic hydroxyl groups excluding tert-OH is 1. The number of aliphatic carboxylic acids is 1. The number of rotatable bonds is 2. The first-order valence-corrected chi connectivity index (χ1v) is 4.28. The maximum absolute atomic E-state index is 13.0. The second kappa shape index (κ2) is 4.02. The van der Waals surface area contributed by atoms with Gasteiger partial charge in [0.1, 0.15) is 11.6 Å². The van der Waals surface area contributed by atoms with E-state index in [1.807, 2.05) is 0 Å². The molecule has 0 spiro atoms. The third-order valence-electron chi connectivity index (χ3n) is 1.57. The van der Waals surface area contributed by atoms with Crippen molar-refractivity contribution in [2.24, 2.45) is 0 Å². The highest BCUT2D eigenvalue weighted by Crippen LogP contribution is 2.24. The molecule has 1 atom stereocenters. The van der Waals surface area contributed by atoms with Crippen LogP contribution in [0.3, 0.4) is 0 Å². The molecule has 76 valence electrons. The highest BCUT2D eigenvalue weighted by Gasteiger charge is 2.21. The molecular formula is C8H5BrF2O3. The van der Waals surface area contributed by atoms with Gasteiger partial charge < -0.3 is 10.2 Å². The Kier molecular flexibility index (Phi) is 3.17. The molecule has 0 radical (unpaired) electrons. The zero-order chi connectivity index (χ0) is 10.9. The molecule has 0 aliphatic heterocycles. The standard InChI is InChI=1S/C8H5BrF2O3/c9-4-2-5(10)3(1-6(4)11)7(12)8(13)14/h1-2,7,12H,(H,13,14)/t7-/m1/s1. The molecule has 1 aromatic carbocycles.